The molecule has 0 bridgehead atoms. The molecule has 1 aliphatic rings. The first-order valence-electron chi connectivity index (χ1n) is 4.44. The summed E-state index contributed by atoms with van der Waals surface area (Å²) in [5.41, 5.74) is 5.33. The lowest BCUT2D eigenvalue weighted by Gasteiger charge is -2.29. The van der Waals surface area contributed by atoms with E-state index in [-0.39, 0.29) is 6.54 Å². The van der Waals surface area contributed by atoms with Gasteiger partial charge in [0.25, 0.3) is 0 Å². The van der Waals surface area contributed by atoms with Gasteiger partial charge in [-0.1, -0.05) is 0 Å². The maximum atomic E-state index is 12.9. The van der Waals surface area contributed by atoms with Crippen molar-refractivity contribution in [3.05, 3.63) is 0 Å². The van der Waals surface area contributed by atoms with Gasteiger partial charge >= 0.3 is 5.97 Å². The Kier molecular flexibility index (Phi) is 3.62. The first-order valence-corrected chi connectivity index (χ1v) is 4.44. The van der Waals surface area contributed by atoms with E-state index in [0.717, 1.165) is 13.0 Å². The third kappa shape index (κ3) is 3.28. The summed E-state index contributed by atoms with van der Waals surface area (Å²) in [6.07, 6.45) is 0.543. The van der Waals surface area contributed by atoms with Crippen molar-refractivity contribution in [2.75, 3.05) is 19.6 Å². The lowest BCUT2D eigenvalue weighted by Crippen LogP contribution is -2.46. The minimum atomic E-state index is -1.03. The molecule has 0 spiro atoms. The average molecular weight is 190 g/mol. The van der Waals surface area contributed by atoms with Crippen LogP contribution in [0, 0.1) is 0 Å². The first-order chi connectivity index (χ1) is 6.09. The Hall–Kier alpha value is -0.680. The zero-order chi connectivity index (χ0) is 9.84. The van der Waals surface area contributed by atoms with E-state index >= 15 is 0 Å². The van der Waals surface area contributed by atoms with E-state index in [2.05, 4.69) is 0 Å². The van der Waals surface area contributed by atoms with E-state index in [4.69, 9.17) is 10.8 Å². The van der Waals surface area contributed by atoms with Crippen LogP contribution in [0.15, 0.2) is 0 Å². The highest BCUT2D eigenvalue weighted by atomic mass is 19.1. The minimum Gasteiger partial charge on any atom is -0.480 e. The highest BCUT2D eigenvalue weighted by Gasteiger charge is 2.22. The number of aliphatic carboxylic acids is 1. The smallest absolute Gasteiger partial charge is 0.321 e. The molecule has 13 heavy (non-hydrogen) atoms. The molecule has 0 aromatic heterocycles. The van der Waals surface area contributed by atoms with Gasteiger partial charge in [0.05, 0.1) is 0 Å². The molecule has 2 atom stereocenters. The molecule has 0 amide bonds. The Morgan fingerprint density at radius 1 is 1.77 bits per heavy atom. The van der Waals surface area contributed by atoms with Crippen LogP contribution >= 0.6 is 0 Å². The van der Waals surface area contributed by atoms with E-state index < -0.39 is 18.2 Å². The van der Waals surface area contributed by atoms with E-state index in [1.807, 2.05) is 0 Å². The van der Waals surface area contributed by atoms with Gasteiger partial charge in [-0.05, 0) is 19.4 Å². The van der Waals surface area contributed by atoms with Gasteiger partial charge in [-0.3, -0.25) is 9.69 Å². The zero-order valence-electron chi connectivity index (χ0n) is 7.45. The Balaban J connectivity index is 2.31. The molecule has 1 rings (SSSR count). The maximum absolute atomic E-state index is 12.9. The van der Waals surface area contributed by atoms with Gasteiger partial charge in [-0.15, -0.1) is 0 Å². The standard InChI is InChI=1S/C8H15FN2O2/c9-6-2-1-3-11(4-6)5-7(10)8(12)13/h6-7H,1-5,10H2,(H,12,13). The molecule has 0 saturated carbocycles. The summed E-state index contributed by atoms with van der Waals surface area (Å²) in [4.78, 5) is 12.2. The van der Waals surface area contributed by atoms with Crippen LogP contribution in [0.4, 0.5) is 4.39 Å². The molecule has 4 nitrogen and oxygen atoms in total. The molecule has 1 saturated heterocycles. The van der Waals surface area contributed by atoms with Crippen molar-refractivity contribution in [1.82, 2.24) is 4.90 Å². The monoisotopic (exact) mass is 190 g/mol. The summed E-state index contributed by atoms with van der Waals surface area (Å²) in [6.45, 7) is 1.32. The second kappa shape index (κ2) is 4.53. The summed E-state index contributed by atoms with van der Waals surface area (Å²) in [6, 6.07) is -0.898. The van der Waals surface area contributed by atoms with Crippen LogP contribution in [-0.4, -0.2) is 47.8 Å². The number of halogens is 1. The van der Waals surface area contributed by atoms with Gasteiger partial charge < -0.3 is 10.8 Å². The number of rotatable bonds is 3. The van der Waals surface area contributed by atoms with Crippen molar-refractivity contribution in [3.8, 4) is 0 Å². The topological polar surface area (TPSA) is 66.6 Å². The van der Waals surface area contributed by atoms with Crippen molar-refractivity contribution in [2.45, 2.75) is 25.1 Å². The molecule has 0 aromatic rings. The number of likely N-dealkylation sites (tertiary alicyclic amines) is 1. The molecule has 1 aliphatic heterocycles. The molecular weight excluding hydrogens is 175 g/mol. The third-order valence-electron chi connectivity index (χ3n) is 2.22. The number of nitrogens with zero attached hydrogens (tertiary/aromatic N) is 1. The molecule has 76 valence electrons. The fourth-order valence-electron chi connectivity index (χ4n) is 1.52. The lowest BCUT2D eigenvalue weighted by atomic mass is 10.1. The Labute approximate surface area is 76.5 Å². The number of hydrogen-bond acceptors (Lipinski definition) is 3. The first kappa shape index (κ1) is 10.4. The number of alkyl halides is 1. The third-order valence-corrected chi connectivity index (χ3v) is 2.22. The maximum Gasteiger partial charge on any atom is 0.321 e. The summed E-state index contributed by atoms with van der Waals surface area (Å²) in [7, 11) is 0. The Morgan fingerprint density at radius 2 is 2.46 bits per heavy atom. The number of carboxylic acid groups (broad SMARTS) is 1. The van der Waals surface area contributed by atoms with Crippen LogP contribution < -0.4 is 5.73 Å². The molecule has 2 unspecified atom stereocenters. The number of carbonyl (C=O) groups is 1. The number of hydrogen-bond donors (Lipinski definition) is 2. The van der Waals surface area contributed by atoms with Crippen LogP contribution in [0.2, 0.25) is 0 Å². The Bertz CT molecular complexity index is 189. The Morgan fingerprint density at radius 3 is 3.00 bits per heavy atom. The average Bonchev–Trinajstić information content (AvgIpc) is 2.04. The number of carboxylic acids is 1. The van der Waals surface area contributed by atoms with Crippen LogP contribution in [0.25, 0.3) is 0 Å². The normalized spacial score (nSPS) is 27.1. The minimum absolute atomic E-state index is 0.246. The van der Waals surface area contributed by atoms with Crippen molar-refractivity contribution >= 4 is 5.97 Å². The fourth-order valence-corrected chi connectivity index (χ4v) is 1.52. The predicted octanol–water partition coefficient (Wildman–Crippen LogP) is -0.168. The quantitative estimate of drug-likeness (QED) is 0.648. The lowest BCUT2D eigenvalue weighted by molar-refractivity contribution is -0.139. The van der Waals surface area contributed by atoms with Crippen LogP contribution in [0.1, 0.15) is 12.8 Å². The van der Waals surface area contributed by atoms with Gasteiger partial charge in [-0.25, -0.2) is 4.39 Å². The molecule has 3 N–H and O–H groups in total. The van der Waals surface area contributed by atoms with E-state index in [1.54, 1.807) is 4.90 Å². The molecule has 0 aliphatic carbocycles. The molecular formula is C8H15FN2O2. The van der Waals surface area contributed by atoms with E-state index in [1.165, 1.54) is 0 Å². The van der Waals surface area contributed by atoms with Crippen molar-refractivity contribution < 1.29 is 14.3 Å². The van der Waals surface area contributed by atoms with E-state index in [9.17, 15) is 9.18 Å². The van der Waals surface area contributed by atoms with Gasteiger partial charge in [0.15, 0.2) is 0 Å². The van der Waals surface area contributed by atoms with Crippen molar-refractivity contribution in [2.24, 2.45) is 5.73 Å². The van der Waals surface area contributed by atoms with Gasteiger partial charge in [0, 0.05) is 13.1 Å². The van der Waals surface area contributed by atoms with Crippen LogP contribution in [0.5, 0.6) is 0 Å². The second-order valence-corrected chi connectivity index (χ2v) is 3.44. The van der Waals surface area contributed by atoms with Crippen LogP contribution in [-0.2, 0) is 4.79 Å². The van der Waals surface area contributed by atoms with Gasteiger partial charge in [-0.2, -0.15) is 0 Å². The fraction of sp³-hybridized carbons (Fsp3) is 0.875. The predicted molar refractivity (Wildman–Crippen MR) is 46.2 cm³/mol. The summed E-state index contributed by atoms with van der Waals surface area (Å²) in [5, 5.41) is 8.53. The zero-order valence-corrected chi connectivity index (χ0v) is 7.45. The van der Waals surface area contributed by atoms with Crippen LogP contribution in [0.3, 0.4) is 0 Å². The van der Waals surface area contributed by atoms with E-state index in [0.29, 0.717) is 13.0 Å². The summed E-state index contributed by atoms with van der Waals surface area (Å²) >= 11 is 0. The van der Waals surface area contributed by atoms with Gasteiger partial charge in [0.1, 0.15) is 12.2 Å². The largest absolute Gasteiger partial charge is 0.480 e. The van der Waals surface area contributed by atoms with Gasteiger partial charge in [0.2, 0.25) is 0 Å². The second-order valence-electron chi connectivity index (χ2n) is 3.44. The summed E-state index contributed by atoms with van der Waals surface area (Å²) in [5.74, 6) is -1.03. The molecule has 5 heteroatoms. The molecule has 0 aromatic carbocycles. The SMILES string of the molecule is NC(CN1CCCC(F)C1)C(=O)O. The number of nitrogens with two attached hydrogens (primary N) is 1. The van der Waals surface area contributed by atoms with Crippen molar-refractivity contribution in [1.29, 1.82) is 0 Å². The molecule has 0 radical (unpaired) electrons. The number of piperidine rings is 1. The highest BCUT2D eigenvalue weighted by molar-refractivity contribution is 5.73. The molecule has 1 fully saturated rings. The summed E-state index contributed by atoms with van der Waals surface area (Å²) < 4.78 is 12.9. The molecule has 1 heterocycles. The van der Waals surface area contributed by atoms with Crippen molar-refractivity contribution in [3.63, 3.8) is 0 Å². The highest BCUT2D eigenvalue weighted by Crippen LogP contribution is 2.12.